The molecule has 0 aliphatic heterocycles. The lowest BCUT2D eigenvalue weighted by Gasteiger charge is -2.07. The van der Waals surface area contributed by atoms with E-state index in [9.17, 15) is 9.18 Å². The van der Waals surface area contributed by atoms with Crippen molar-refractivity contribution in [3.8, 4) is 0 Å². The molecular weight excluding hydrogens is 285 g/mol. The minimum absolute atomic E-state index is 0.0101. The Morgan fingerprint density at radius 3 is 2.95 bits per heavy atom. The number of hydrogen-bond donors (Lipinski definition) is 0. The zero-order chi connectivity index (χ0) is 14.3. The molecule has 0 spiro atoms. The molecule has 102 valence electrons. The van der Waals surface area contributed by atoms with Crippen molar-refractivity contribution in [1.29, 1.82) is 0 Å². The Hall–Kier alpha value is -2.28. The van der Waals surface area contributed by atoms with E-state index in [2.05, 4.69) is 15.3 Å². The van der Waals surface area contributed by atoms with E-state index in [1.165, 1.54) is 27.7 Å². The van der Waals surface area contributed by atoms with E-state index in [1.807, 2.05) is 0 Å². The van der Waals surface area contributed by atoms with Crippen molar-refractivity contribution < 1.29 is 4.39 Å². The molecule has 3 aromatic rings. The molecular formula is C12H9ClFN5O. The summed E-state index contributed by atoms with van der Waals surface area (Å²) < 4.78 is 16.4. The highest BCUT2D eigenvalue weighted by atomic mass is 35.5. The van der Waals surface area contributed by atoms with Gasteiger partial charge >= 0.3 is 0 Å². The van der Waals surface area contributed by atoms with Crippen LogP contribution in [-0.2, 0) is 13.6 Å². The standard InChI is InChI=1S/C12H9ClFN5O/c1-18-11-10(16-17-18)12(20)19(6-15-11)5-7-8(13)3-2-4-9(7)14/h2-4,6H,5H2,1H3. The van der Waals surface area contributed by atoms with Gasteiger partial charge < -0.3 is 0 Å². The van der Waals surface area contributed by atoms with Crippen LogP contribution in [0.15, 0.2) is 29.3 Å². The van der Waals surface area contributed by atoms with E-state index in [0.717, 1.165) is 0 Å². The molecule has 2 aromatic heterocycles. The largest absolute Gasteiger partial charge is 0.293 e. The number of nitrogens with zero attached hydrogens (tertiary/aromatic N) is 5. The highest BCUT2D eigenvalue weighted by Crippen LogP contribution is 2.19. The van der Waals surface area contributed by atoms with Crippen LogP contribution in [0.4, 0.5) is 4.39 Å². The summed E-state index contributed by atoms with van der Waals surface area (Å²) in [5.41, 5.74) is 0.372. The quantitative estimate of drug-likeness (QED) is 0.716. The number of aromatic nitrogens is 5. The van der Waals surface area contributed by atoms with Crippen LogP contribution in [0.1, 0.15) is 5.56 Å². The molecule has 0 saturated carbocycles. The second kappa shape index (κ2) is 4.68. The SMILES string of the molecule is Cn1nnc2c(=O)n(Cc3c(F)cccc3Cl)cnc21. The van der Waals surface area contributed by atoms with E-state index < -0.39 is 5.82 Å². The Morgan fingerprint density at radius 1 is 1.40 bits per heavy atom. The highest BCUT2D eigenvalue weighted by molar-refractivity contribution is 6.31. The van der Waals surface area contributed by atoms with Crippen LogP contribution in [0.3, 0.4) is 0 Å². The van der Waals surface area contributed by atoms with Gasteiger partial charge in [-0.05, 0) is 12.1 Å². The fourth-order valence-electron chi connectivity index (χ4n) is 1.91. The van der Waals surface area contributed by atoms with Gasteiger partial charge in [-0.15, -0.1) is 5.10 Å². The van der Waals surface area contributed by atoms with Crippen molar-refractivity contribution >= 4 is 22.8 Å². The molecule has 8 heteroatoms. The third-order valence-corrected chi connectivity index (χ3v) is 3.32. The van der Waals surface area contributed by atoms with Gasteiger partial charge in [0.15, 0.2) is 11.2 Å². The Morgan fingerprint density at radius 2 is 2.20 bits per heavy atom. The smallest absolute Gasteiger partial charge is 0.283 e. The molecule has 0 radical (unpaired) electrons. The van der Waals surface area contributed by atoms with Crippen molar-refractivity contribution in [1.82, 2.24) is 24.5 Å². The van der Waals surface area contributed by atoms with Crippen LogP contribution in [0, 0.1) is 5.82 Å². The first-order valence-corrected chi connectivity index (χ1v) is 6.13. The van der Waals surface area contributed by atoms with Crippen molar-refractivity contribution in [2.45, 2.75) is 6.54 Å². The summed E-state index contributed by atoms with van der Waals surface area (Å²) in [6.07, 6.45) is 1.33. The molecule has 0 fully saturated rings. The van der Waals surface area contributed by atoms with Crippen LogP contribution >= 0.6 is 11.6 Å². The minimum atomic E-state index is -0.469. The van der Waals surface area contributed by atoms with E-state index in [0.29, 0.717) is 5.65 Å². The van der Waals surface area contributed by atoms with Gasteiger partial charge in [0.1, 0.15) is 12.1 Å². The lowest BCUT2D eigenvalue weighted by molar-refractivity contribution is 0.595. The van der Waals surface area contributed by atoms with Gasteiger partial charge in [0.05, 0.1) is 6.54 Å². The fourth-order valence-corrected chi connectivity index (χ4v) is 2.14. The maximum atomic E-state index is 13.7. The molecule has 0 aliphatic rings. The average Bonchev–Trinajstić information content (AvgIpc) is 2.79. The monoisotopic (exact) mass is 293 g/mol. The van der Waals surface area contributed by atoms with Crippen LogP contribution in [0.25, 0.3) is 11.2 Å². The third kappa shape index (κ3) is 1.96. The minimum Gasteiger partial charge on any atom is -0.293 e. The number of halogens is 2. The van der Waals surface area contributed by atoms with Gasteiger partial charge in [0.2, 0.25) is 0 Å². The van der Waals surface area contributed by atoms with Crippen LogP contribution < -0.4 is 5.56 Å². The van der Waals surface area contributed by atoms with Gasteiger partial charge in [-0.3, -0.25) is 9.36 Å². The molecule has 0 aliphatic carbocycles. The lowest BCUT2D eigenvalue weighted by Crippen LogP contribution is -2.22. The first-order valence-electron chi connectivity index (χ1n) is 5.75. The molecule has 0 bridgehead atoms. The van der Waals surface area contributed by atoms with Crippen LogP contribution in [-0.4, -0.2) is 24.5 Å². The molecule has 1 aromatic carbocycles. The Balaban J connectivity index is 2.12. The normalized spacial score (nSPS) is 11.2. The summed E-state index contributed by atoms with van der Waals surface area (Å²) in [6.45, 7) is -0.0101. The third-order valence-electron chi connectivity index (χ3n) is 2.97. The molecule has 2 heterocycles. The predicted molar refractivity (Wildman–Crippen MR) is 71.1 cm³/mol. The Kier molecular flexibility index (Phi) is 2.98. The molecule has 0 atom stereocenters. The number of aryl methyl sites for hydroxylation is 1. The molecule has 0 amide bonds. The summed E-state index contributed by atoms with van der Waals surface area (Å²) in [7, 11) is 1.64. The van der Waals surface area contributed by atoms with Gasteiger partial charge in [0, 0.05) is 17.6 Å². The zero-order valence-corrected chi connectivity index (χ0v) is 11.2. The molecule has 20 heavy (non-hydrogen) atoms. The number of rotatable bonds is 2. The van der Waals surface area contributed by atoms with E-state index >= 15 is 0 Å². The lowest BCUT2D eigenvalue weighted by atomic mass is 10.2. The first kappa shape index (κ1) is 12.7. The van der Waals surface area contributed by atoms with Crippen molar-refractivity contribution in [2.75, 3.05) is 0 Å². The highest BCUT2D eigenvalue weighted by Gasteiger charge is 2.13. The van der Waals surface area contributed by atoms with Crippen molar-refractivity contribution in [3.63, 3.8) is 0 Å². The topological polar surface area (TPSA) is 65.6 Å². The zero-order valence-electron chi connectivity index (χ0n) is 10.4. The van der Waals surface area contributed by atoms with E-state index in [-0.39, 0.29) is 28.2 Å². The van der Waals surface area contributed by atoms with E-state index in [4.69, 9.17) is 11.6 Å². The van der Waals surface area contributed by atoms with Crippen LogP contribution in [0.2, 0.25) is 5.02 Å². The second-order valence-corrected chi connectivity index (χ2v) is 4.67. The van der Waals surface area contributed by atoms with Crippen molar-refractivity contribution in [2.24, 2.45) is 7.05 Å². The van der Waals surface area contributed by atoms with Crippen molar-refractivity contribution in [3.05, 3.63) is 51.3 Å². The van der Waals surface area contributed by atoms with Gasteiger partial charge in [-0.25, -0.2) is 14.1 Å². The summed E-state index contributed by atoms with van der Waals surface area (Å²) >= 11 is 5.95. The molecule has 3 rings (SSSR count). The van der Waals surface area contributed by atoms with Gasteiger partial charge in [-0.2, -0.15) is 0 Å². The van der Waals surface area contributed by atoms with Crippen LogP contribution in [0.5, 0.6) is 0 Å². The molecule has 0 saturated heterocycles. The summed E-state index contributed by atoms with van der Waals surface area (Å²) in [4.78, 5) is 16.3. The van der Waals surface area contributed by atoms with Gasteiger partial charge in [-0.1, -0.05) is 22.9 Å². The second-order valence-electron chi connectivity index (χ2n) is 4.26. The maximum absolute atomic E-state index is 13.7. The van der Waals surface area contributed by atoms with Gasteiger partial charge in [0.25, 0.3) is 5.56 Å². The summed E-state index contributed by atoms with van der Waals surface area (Å²) in [5, 5.41) is 7.75. The van der Waals surface area contributed by atoms with E-state index in [1.54, 1.807) is 13.1 Å². The Labute approximate surface area is 117 Å². The number of fused-ring (bicyclic) bond motifs is 1. The summed E-state index contributed by atoms with van der Waals surface area (Å²) in [5.74, 6) is -0.469. The first-order chi connectivity index (χ1) is 9.58. The molecule has 0 unspecified atom stereocenters. The maximum Gasteiger partial charge on any atom is 0.283 e. The fraction of sp³-hybridized carbons (Fsp3) is 0.167. The predicted octanol–water partition coefficient (Wildman–Crippen LogP) is 1.37. The Bertz CT molecular complexity index is 836. The average molecular weight is 294 g/mol. The molecule has 0 N–H and O–H groups in total. The molecule has 6 nitrogen and oxygen atoms in total. The number of benzene rings is 1. The summed E-state index contributed by atoms with van der Waals surface area (Å²) in [6, 6.07) is 4.37. The number of hydrogen-bond acceptors (Lipinski definition) is 4.